The van der Waals surface area contributed by atoms with Gasteiger partial charge in [-0.3, -0.25) is 4.90 Å². The van der Waals surface area contributed by atoms with Crippen molar-refractivity contribution in [3.63, 3.8) is 0 Å². The summed E-state index contributed by atoms with van der Waals surface area (Å²) in [5, 5.41) is 6.65. The number of benzene rings is 1. The molecule has 114 valence electrons. The fourth-order valence-electron chi connectivity index (χ4n) is 2.20. The molecule has 2 atom stereocenters. The number of rotatable bonds is 5. The molecule has 1 aromatic rings. The molecular weight excluding hydrogens is 270 g/mol. The summed E-state index contributed by atoms with van der Waals surface area (Å²) in [4.78, 5) is 2.08. The van der Waals surface area contributed by atoms with Gasteiger partial charge in [-0.15, -0.1) is 0 Å². The molecule has 21 heavy (non-hydrogen) atoms. The van der Waals surface area contributed by atoms with E-state index in [2.05, 4.69) is 22.5 Å². The van der Waals surface area contributed by atoms with Crippen LogP contribution in [0.1, 0.15) is 12.5 Å². The molecule has 2 aliphatic heterocycles. The summed E-state index contributed by atoms with van der Waals surface area (Å²) in [6.45, 7) is 2.39. The molecule has 0 aliphatic carbocycles. The first-order valence-corrected chi connectivity index (χ1v) is 7.04. The summed E-state index contributed by atoms with van der Waals surface area (Å²) >= 11 is 0. The number of nitrogens with one attached hydrogen (secondary N) is 2. The van der Waals surface area contributed by atoms with Crippen molar-refractivity contribution in [2.75, 3.05) is 20.9 Å². The third-order valence-corrected chi connectivity index (χ3v) is 3.66. The summed E-state index contributed by atoms with van der Waals surface area (Å²) in [5.74, 6) is 1.62. The molecule has 0 bridgehead atoms. The first-order valence-electron chi connectivity index (χ1n) is 7.04. The van der Waals surface area contributed by atoms with Crippen LogP contribution in [0.4, 0.5) is 0 Å². The molecule has 0 saturated heterocycles. The van der Waals surface area contributed by atoms with Crippen molar-refractivity contribution >= 4 is 0 Å². The Hall–Kier alpha value is -1.92. The summed E-state index contributed by atoms with van der Waals surface area (Å²) in [6.07, 6.45) is 2.57. The molecule has 0 saturated carbocycles. The van der Waals surface area contributed by atoms with Crippen LogP contribution in [0, 0.1) is 0 Å². The third-order valence-electron chi connectivity index (χ3n) is 3.66. The average Bonchev–Trinajstić information content (AvgIpc) is 3.07. The van der Waals surface area contributed by atoms with E-state index < -0.39 is 0 Å². The second kappa shape index (κ2) is 5.83. The SMILES string of the molecule is CC(NC1NC(Cc2ccc3c(c2)OCO3)=CO1)N(C)C. The van der Waals surface area contributed by atoms with E-state index in [4.69, 9.17) is 14.2 Å². The van der Waals surface area contributed by atoms with Crippen molar-refractivity contribution in [1.82, 2.24) is 15.5 Å². The van der Waals surface area contributed by atoms with Crippen molar-refractivity contribution in [2.45, 2.75) is 25.9 Å². The quantitative estimate of drug-likeness (QED) is 0.795. The van der Waals surface area contributed by atoms with E-state index in [0.717, 1.165) is 29.2 Å². The molecule has 0 aromatic heterocycles. The van der Waals surface area contributed by atoms with Crippen LogP contribution in [0.15, 0.2) is 30.2 Å². The highest BCUT2D eigenvalue weighted by molar-refractivity contribution is 5.45. The third kappa shape index (κ3) is 3.22. The molecule has 0 fully saturated rings. The minimum atomic E-state index is -0.189. The zero-order chi connectivity index (χ0) is 14.8. The van der Waals surface area contributed by atoms with Crippen molar-refractivity contribution in [3.8, 4) is 11.5 Å². The Morgan fingerprint density at radius 1 is 1.33 bits per heavy atom. The van der Waals surface area contributed by atoms with Crippen LogP contribution >= 0.6 is 0 Å². The lowest BCUT2D eigenvalue weighted by Gasteiger charge is -2.25. The Kier molecular flexibility index (Phi) is 3.90. The van der Waals surface area contributed by atoms with Gasteiger partial charge in [-0.2, -0.15) is 0 Å². The number of hydrogen-bond acceptors (Lipinski definition) is 6. The van der Waals surface area contributed by atoms with Gasteiger partial charge in [0.2, 0.25) is 13.1 Å². The van der Waals surface area contributed by atoms with Crippen LogP contribution in [-0.4, -0.2) is 38.3 Å². The minimum absolute atomic E-state index is 0.189. The van der Waals surface area contributed by atoms with Crippen LogP contribution in [0.25, 0.3) is 0 Å². The van der Waals surface area contributed by atoms with Crippen LogP contribution < -0.4 is 20.1 Å². The Balaban J connectivity index is 1.55. The standard InChI is InChI=1S/C15H21N3O3/c1-10(18(2)3)16-15-17-12(8-19-15)6-11-4-5-13-14(7-11)21-9-20-13/h4-5,7-8,10,15-17H,6,9H2,1-3H3. The highest BCUT2D eigenvalue weighted by atomic mass is 16.7. The average molecular weight is 291 g/mol. The van der Waals surface area contributed by atoms with Gasteiger partial charge in [-0.25, -0.2) is 5.32 Å². The van der Waals surface area contributed by atoms with Crippen LogP contribution in [0.2, 0.25) is 0 Å². The molecule has 2 unspecified atom stereocenters. The van der Waals surface area contributed by atoms with Gasteiger partial charge in [0, 0.05) is 6.42 Å². The minimum Gasteiger partial charge on any atom is -0.463 e. The summed E-state index contributed by atoms with van der Waals surface area (Å²) in [7, 11) is 4.04. The van der Waals surface area contributed by atoms with Crippen molar-refractivity contribution in [3.05, 3.63) is 35.7 Å². The van der Waals surface area contributed by atoms with E-state index in [0.29, 0.717) is 6.79 Å². The molecule has 2 N–H and O–H groups in total. The number of allylic oxidation sites excluding steroid dienone is 1. The second-order valence-electron chi connectivity index (χ2n) is 5.47. The summed E-state index contributed by atoms with van der Waals surface area (Å²) in [5.41, 5.74) is 2.19. The predicted molar refractivity (Wildman–Crippen MR) is 78.6 cm³/mol. The molecule has 1 aromatic carbocycles. The molecule has 6 heteroatoms. The molecule has 0 spiro atoms. The molecule has 2 aliphatic rings. The van der Waals surface area contributed by atoms with Gasteiger partial charge in [-0.1, -0.05) is 6.07 Å². The smallest absolute Gasteiger partial charge is 0.231 e. The Morgan fingerprint density at radius 3 is 2.95 bits per heavy atom. The summed E-state index contributed by atoms with van der Waals surface area (Å²) in [6, 6.07) is 5.99. The number of nitrogens with zero attached hydrogens (tertiary/aromatic N) is 1. The lowest BCUT2D eigenvalue weighted by molar-refractivity contribution is 0.0774. The maximum atomic E-state index is 5.58. The van der Waals surface area contributed by atoms with Crippen LogP contribution in [-0.2, 0) is 11.2 Å². The Morgan fingerprint density at radius 2 is 2.14 bits per heavy atom. The van der Waals surface area contributed by atoms with E-state index in [-0.39, 0.29) is 12.5 Å². The van der Waals surface area contributed by atoms with E-state index in [1.807, 2.05) is 32.3 Å². The van der Waals surface area contributed by atoms with E-state index >= 15 is 0 Å². The number of hydrogen-bond donors (Lipinski definition) is 2. The number of ether oxygens (including phenoxy) is 3. The maximum Gasteiger partial charge on any atom is 0.231 e. The highest BCUT2D eigenvalue weighted by Gasteiger charge is 2.20. The first-order chi connectivity index (χ1) is 10.1. The zero-order valence-electron chi connectivity index (χ0n) is 12.6. The zero-order valence-corrected chi connectivity index (χ0v) is 12.6. The molecule has 6 nitrogen and oxygen atoms in total. The van der Waals surface area contributed by atoms with Gasteiger partial charge < -0.3 is 19.5 Å². The first kappa shape index (κ1) is 14.0. The van der Waals surface area contributed by atoms with Gasteiger partial charge >= 0.3 is 0 Å². The Bertz CT molecular complexity index is 545. The molecule has 3 rings (SSSR count). The second-order valence-corrected chi connectivity index (χ2v) is 5.47. The van der Waals surface area contributed by atoms with Crippen LogP contribution in [0.5, 0.6) is 11.5 Å². The lowest BCUT2D eigenvalue weighted by Crippen LogP contribution is -2.49. The highest BCUT2D eigenvalue weighted by Crippen LogP contribution is 2.33. The number of fused-ring (bicyclic) bond motifs is 1. The van der Waals surface area contributed by atoms with Crippen molar-refractivity contribution < 1.29 is 14.2 Å². The van der Waals surface area contributed by atoms with Gasteiger partial charge in [0.15, 0.2) is 11.5 Å². The Labute approximate surface area is 124 Å². The molecule has 2 heterocycles. The molecular formula is C15H21N3O3. The van der Waals surface area contributed by atoms with Crippen LogP contribution in [0.3, 0.4) is 0 Å². The van der Waals surface area contributed by atoms with Gasteiger partial charge in [0.1, 0.15) is 6.26 Å². The van der Waals surface area contributed by atoms with Gasteiger partial charge in [0.25, 0.3) is 0 Å². The fraction of sp³-hybridized carbons (Fsp3) is 0.467. The van der Waals surface area contributed by atoms with Crippen molar-refractivity contribution in [2.24, 2.45) is 0 Å². The maximum absolute atomic E-state index is 5.58. The monoisotopic (exact) mass is 291 g/mol. The van der Waals surface area contributed by atoms with E-state index in [1.54, 1.807) is 6.26 Å². The van der Waals surface area contributed by atoms with Gasteiger partial charge in [-0.05, 0) is 38.7 Å². The van der Waals surface area contributed by atoms with Crippen molar-refractivity contribution in [1.29, 1.82) is 0 Å². The lowest BCUT2D eigenvalue weighted by atomic mass is 10.1. The topological polar surface area (TPSA) is 55.0 Å². The molecule has 0 radical (unpaired) electrons. The normalized spacial score (nSPS) is 21.0. The van der Waals surface area contributed by atoms with E-state index in [9.17, 15) is 0 Å². The van der Waals surface area contributed by atoms with E-state index in [1.165, 1.54) is 0 Å². The van der Waals surface area contributed by atoms with Gasteiger partial charge in [0.05, 0.1) is 11.9 Å². The molecule has 0 amide bonds. The largest absolute Gasteiger partial charge is 0.463 e. The summed E-state index contributed by atoms with van der Waals surface area (Å²) < 4.78 is 16.3. The fourth-order valence-corrected chi connectivity index (χ4v) is 2.20. The predicted octanol–water partition coefficient (Wildman–Crippen LogP) is 1.20.